The van der Waals surface area contributed by atoms with Gasteiger partial charge in [-0.2, -0.15) is 0 Å². The number of carbonyl (C=O) groups excluding carboxylic acids is 7. The third-order valence-corrected chi connectivity index (χ3v) is 10.6. The number of primary amides is 1. The number of benzene rings is 3. The molecule has 5 atom stereocenters. The highest BCUT2D eigenvalue weighted by atomic mass is 19.1. The highest BCUT2D eigenvalue weighted by Gasteiger charge is 2.36. The lowest BCUT2D eigenvalue weighted by Gasteiger charge is -2.30. The van der Waals surface area contributed by atoms with Crippen molar-refractivity contribution in [2.45, 2.75) is 95.9 Å². The number of halogens is 2. The topological polar surface area (TPSA) is 390 Å². The number of amides is 7. The molecule has 0 spiro atoms. The second kappa shape index (κ2) is 28.9. The number of aliphatic imine (C=N–C) groups is 3. The van der Waals surface area contributed by atoms with E-state index in [1.165, 1.54) is 42.5 Å². The van der Waals surface area contributed by atoms with Gasteiger partial charge < -0.3 is 61.4 Å². The van der Waals surface area contributed by atoms with Crippen LogP contribution in [0.1, 0.15) is 69.6 Å². The van der Waals surface area contributed by atoms with Crippen LogP contribution in [0.25, 0.3) is 6.08 Å². The van der Waals surface area contributed by atoms with Crippen molar-refractivity contribution in [3.05, 3.63) is 107 Å². The van der Waals surface area contributed by atoms with Gasteiger partial charge in [-0.25, -0.2) is 13.8 Å². The van der Waals surface area contributed by atoms with Gasteiger partial charge >= 0.3 is 0 Å². The summed E-state index contributed by atoms with van der Waals surface area (Å²) in [4.78, 5) is 109. The molecule has 3 aromatic carbocycles. The molecule has 0 fully saturated rings. The maximum absolute atomic E-state index is 14.7. The van der Waals surface area contributed by atoms with Crippen LogP contribution in [0.2, 0.25) is 0 Å². The Balaban J connectivity index is 2.06. The number of rotatable bonds is 27. The van der Waals surface area contributed by atoms with Gasteiger partial charge in [0.05, 0.1) is 5.69 Å². The van der Waals surface area contributed by atoms with Crippen molar-refractivity contribution in [3.8, 4) is 0 Å². The summed E-state index contributed by atoms with van der Waals surface area (Å²) >= 11 is 0. The number of guanidine groups is 3. The molecule has 18 N–H and O–H groups in total. The molecular weight excluding hydrogens is 937 g/mol. The molecule has 0 heterocycles. The third kappa shape index (κ3) is 20.7. The van der Waals surface area contributed by atoms with Crippen molar-refractivity contribution in [3.63, 3.8) is 0 Å². The Morgan fingerprint density at radius 1 is 0.583 bits per heavy atom. The lowest BCUT2D eigenvalue weighted by Crippen LogP contribution is -2.60. The number of hydrogen-bond donors (Lipinski definition) is 11. The Bertz CT molecular complexity index is 2460. The average molecular weight is 1000 g/mol. The third-order valence-electron chi connectivity index (χ3n) is 10.6. The first-order valence-electron chi connectivity index (χ1n) is 22.8. The van der Waals surface area contributed by atoms with Gasteiger partial charge in [0.25, 0.3) is 5.91 Å². The van der Waals surface area contributed by atoms with Crippen LogP contribution in [0.15, 0.2) is 93.8 Å². The van der Waals surface area contributed by atoms with E-state index in [0.29, 0.717) is 27.3 Å². The molecule has 0 bridgehead atoms. The van der Waals surface area contributed by atoms with Crippen molar-refractivity contribution in [1.29, 1.82) is 0 Å². The predicted octanol–water partition coefficient (Wildman–Crippen LogP) is -0.310. The highest BCUT2D eigenvalue weighted by Crippen LogP contribution is 2.18. The van der Waals surface area contributed by atoms with E-state index >= 15 is 0 Å². The minimum atomic E-state index is -1.64. The van der Waals surface area contributed by atoms with E-state index in [9.17, 15) is 42.3 Å². The summed E-state index contributed by atoms with van der Waals surface area (Å²) < 4.78 is 27.7. The number of hydrogen-bond acceptors (Lipinski definition) is 10. The molecule has 0 saturated heterocycles. The normalized spacial score (nSPS) is 13.0. The van der Waals surface area contributed by atoms with E-state index in [1.807, 2.05) is 0 Å². The summed E-state index contributed by atoms with van der Waals surface area (Å²) in [5.74, 6) is -8.08. The Morgan fingerprint density at radius 2 is 1.04 bits per heavy atom. The predicted molar refractivity (Wildman–Crippen MR) is 269 cm³/mol. The molecule has 388 valence electrons. The molecule has 0 saturated carbocycles. The zero-order chi connectivity index (χ0) is 53.5. The van der Waals surface area contributed by atoms with Crippen LogP contribution in [0.5, 0.6) is 0 Å². The zero-order valence-corrected chi connectivity index (χ0v) is 40.4. The lowest BCUT2D eigenvalue weighted by molar-refractivity contribution is -0.148. The van der Waals surface area contributed by atoms with Crippen LogP contribution in [0.4, 0.5) is 14.5 Å². The van der Waals surface area contributed by atoms with Crippen LogP contribution in [0, 0.1) is 17.6 Å². The van der Waals surface area contributed by atoms with Gasteiger partial charge in [0, 0.05) is 38.9 Å². The molecular formula is C48H65F2N15O7. The molecule has 3 rings (SSSR count). The maximum atomic E-state index is 14.7. The molecule has 24 heteroatoms. The van der Waals surface area contributed by atoms with E-state index < -0.39 is 83.2 Å². The largest absolute Gasteiger partial charge is 0.370 e. The van der Waals surface area contributed by atoms with Gasteiger partial charge in [-0.15, -0.1) is 0 Å². The van der Waals surface area contributed by atoms with Gasteiger partial charge in [-0.05, 0) is 97.2 Å². The van der Waals surface area contributed by atoms with E-state index in [0.717, 1.165) is 25.1 Å². The summed E-state index contributed by atoms with van der Waals surface area (Å²) in [6.07, 6.45) is 2.25. The highest BCUT2D eigenvalue weighted by molar-refractivity contribution is 6.06. The summed E-state index contributed by atoms with van der Waals surface area (Å²) in [7, 11) is 0. The van der Waals surface area contributed by atoms with Gasteiger partial charge in [-0.1, -0.05) is 50.2 Å². The molecule has 0 aromatic heterocycles. The van der Waals surface area contributed by atoms with E-state index in [1.54, 1.807) is 38.1 Å². The molecule has 0 aliphatic rings. The Morgan fingerprint density at radius 3 is 1.56 bits per heavy atom. The summed E-state index contributed by atoms with van der Waals surface area (Å²) in [5, 5.41) is 10.6. The average Bonchev–Trinajstić information content (AvgIpc) is 3.30. The molecule has 72 heavy (non-hydrogen) atoms. The Kier molecular flexibility index (Phi) is 23.2. The molecule has 5 unspecified atom stereocenters. The summed E-state index contributed by atoms with van der Waals surface area (Å²) in [5.41, 5.74) is 40.0. The minimum absolute atomic E-state index is 0.0166. The van der Waals surface area contributed by atoms with Crippen LogP contribution in [0.3, 0.4) is 0 Å². The molecule has 7 amide bonds. The Hall–Kier alpha value is -8.44. The molecule has 0 aliphatic carbocycles. The van der Waals surface area contributed by atoms with Crippen molar-refractivity contribution in [2.75, 3.05) is 13.1 Å². The fourth-order valence-corrected chi connectivity index (χ4v) is 7.14. The van der Waals surface area contributed by atoms with Gasteiger partial charge in [0.2, 0.25) is 35.4 Å². The quantitative estimate of drug-likeness (QED) is 0.0202. The number of imide groups is 1. The van der Waals surface area contributed by atoms with Crippen molar-refractivity contribution < 1.29 is 42.3 Å². The Labute approximate surface area is 415 Å². The first-order chi connectivity index (χ1) is 34.0. The molecule has 0 aliphatic heterocycles. The molecule has 3 aromatic rings. The van der Waals surface area contributed by atoms with E-state index in [2.05, 4.69) is 36.2 Å². The molecule has 0 radical (unpaired) electrons. The second-order valence-corrected chi connectivity index (χ2v) is 17.0. The monoisotopic (exact) mass is 1000 g/mol. The summed E-state index contributed by atoms with van der Waals surface area (Å²) in [6.45, 7) is 4.82. The smallest absolute Gasteiger partial charge is 0.253 e. The van der Waals surface area contributed by atoms with Crippen LogP contribution in [-0.4, -0.2) is 107 Å². The van der Waals surface area contributed by atoms with Gasteiger partial charge in [0.1, 0.15) is 41.8 Å². The number of nitrogens with zero attached hydrogens (tertiary/aromatic N) is 4. The van der Waals surface area contributed by atoms with Crippen LogP contribution >= 0.6 is 0 Å². The first-order valence-corrected chi connectivity index (χ1v) is 22.8. The first kappa shape index (κ1) is 57.9. The second-order valence-electron chi connectivity index (χ2n) is 17.0. The van der Waals surface area contributed by atoms with Crippen molar-refractivity contribution in [1.82, 2.24) is 26.2 Å². The number of nitrogens with one attached hydrogen (secondary N) is 4. The zero-order valence-electron chi connectivity index (χ0n) is 40.4. The van der Waals surface area contributed by atoms with Crippen LogP contribution < -0.4 is 61.4 Å². The van der Waals surface area contributed by atoms with E-state index in [-0.39, 0.29) is 81.8 Å². The van der Waals surface area contributed by atoms with Crippen molar-refractivity contribution in [2.24, 2.45) is 61.0 Å². The van der Waals surface area contributed by atoms with Crippen molar-refractivity contribution >= 4 is 71.0 Å². The van der Waals surface area contributed by atoms with Gasteiger partial charge in [-0.3, -0.25) is 48.4 Å². The fraction of sp³-hybridized carbons (Fsp3) is 0.375. The van der Waals surface area contributed by atoms with Crippen LogP contribution in [-0.2, 0) is 46.4 Å². The fourth-order valence-electron chi connectivity index (χ4n) is 7.14. The maximum Gasteiger partial charge on any atom is 0.253 e. The number of carbonyl (C=O) groups is 7. The van der Waals surface area contributed by atoms with Gasteiger partial charge in [0.15, 0.2) is 17.9 Å². The summed E-state index contributed by atoms with van der Waals surface area (Å²) in [6, 6.07) is 9.39. The SMILES string of the molecule is CC(=O)N(C(=O)/C=C/c1ccc(F)cc1)C(Cc1ccc(F)cc1)C(=O)NC(Cc1ccc(N=C(N)N)cc1)C(=O)NC(CC(C)C)C(=O)NC(CCCN=C(N)N)C(=O)NC(CCCN=C(N)N)C(N)=O. The van der Waals surface area contributed by atoms with E-state index in [4.69, 9.17) is 40.1 Å². The standard InChI is InChI=1S/C48H65F2N15O7/c1-27(2)24-37(43(70)62-36(7-5-23-59-47(54)55)42(69)61-35(41(51)68)6-4-22-58-46(52)53)63-44(71)38(25-30-12-19-34(20-13-30)60-48(56)57)64-45(72)39(26-31-10-17-33(50)18-11-31)65(28(3)66)40(67)21-14-29-8-15-32(49)16-9-29/h8-21,27,35-39H,4-7,22-26H2,1-3H3,(H2,51,68)(H,61,69)(H,62,70)(H,63,71)(H,64,72)(H4,52,53,58)(H4,54,55,59)(H4,56,57,60)/b21-14+. The molecule has 22 nitrogen and oxygen atoms in total. The minimum Gasteiger partial charge on any atom is -0.370 e. The lowest BCUT2D eigenvalue weighted by atomic mass is 9.99. The number of nitrogens with two attached hydrogens (primary N) is 7.